The average Bonchev–Trinajstić information content (AvgIpc) is 2.47. The van der Waals surface area contributed by atoms with Crippen LogP contribution in [0, 0.1) is 5.41 Å². The summed E-state index contributed by atoms with van der Waals surface area (Å²) in [7, 11) is 0. The van der Waals surface area contributed by atoms with Gasteiger partial charge in [0.25, 0.3) is 0 Å². The fourth-order valence-corrected chi connectivity index (χ4v) is 1.96. The molecule has 2 aromatic carbocycles. The Morgan fingerprint density at radius 3 is 2.05 bits per heavy atom. The molecule has 21 heavy (non-hydrogen) atoms. The fourth-order valence-electron chi connectivity index (χ4n) is 1.96. The Balaban J connectivity index is 1.97. The maximum Gasteiger partial charge on any atom is 0.338 e. The van der Waals surface area contributed by atoms with Gasteiger partial charge in [-0.2, -0.15) is 0 Å². The molecule has 0 atom stereocenters. The first-order chi connectivity index (χ1) is 9.96. The smallest absolute Gasteiger partial charge is 0.338 e. The van der Waals surface area contributed by atoms with Crippen molar-refractivity contribution in [3.63, 3.8) is 0 Å². The van der Waals surface area contributed by atoms with Crippen LogP contribution in [0.3, 0.4) is 0 Å². The van der Waals surface area contributed by atoms with Crippen molar-refractivity contribution in [2.75, 3.05) is 6.61 Å². The van der Waals surface area contributed by atoms with Crippen LogP contribution in [0.1, 0.15) is 37.6 Å². The Kier molecular flexibility index (Phi) is 4.79. The Morgan fingerprint density at radius 2 is 1.48 bits per heavy atom. The summed E-state index contributed by atoms with van der Waals surface area (Å²) < 4.78 is 5.31. The molecule has 0 spiro atoms. The summed E-state index contributed by atoms with van der Waals surface area (Å²) >= 11 is 0. The zero-order valence-electron chi connectivity index (χ0n) is 12.9. The van der Waals surface area contributed by atoms with E-state index < -0.39 is 0 Å². The summed E-state index contributed by atoms with van der Waals surface area (Å²) in [4.78, 5) is 12.0. The first-order valence-corrected chi connectivity index (χ1v) is 7.28. The molecule has 0 aliphatic rings. The summed E-state index contributed by atoms with van der Waals surface area (Å²) in [5.41, 5.74) is 3.02. The third-order valence-electron chi connectivity index (χ3n) is 3.31. The number of carbonyl (C=O) groups is 1. The summed E-state index contributed by atoms with van der Waals surface area (Å²) in [5.74, 6) is -0.251. The second-order valence-electron chi connectivity index (χ2n) is 6.39. The molecule has 110 valence electrons. The molecule has 0 fully saturated rings. The average molecular weight is 282 g/mol. The van der Waals surface area contributed by atoms with Gasteiger partial charge in [0.2, 0.25) is 0 Å². The van der Waals surface area contributed by atoms with Gasteiger partial charge in [-0.05, 0) is 35.1 Å². The molecule has 0 unspecified atom stereocenters. The first-order valence-electron chi connectivity index (χ1n) is 7.28. The lowest BCUT2D eigenvalue weighted by atomic mass is 9.93. The first kappa shape index (κ1) is 15.3. The predicted molar refractivity (Wildman–Crippen MR) is 86.2 cm³/mol. The van der Waals surface area contributed by atoms with Gasteiger partial charge in [0.1, 0.15) is 0 Å². The molecule has 0 radical (unpaired) electrons. The molecular formula is C19H22O2. The summed E-state index contributed by atoms with van der Waals surface area (Å²) in [6.45, 7) is 6.86. The Bertz CT molecular complexity index is 577. The standard InChI is InChI=1S/C19H22O2/c1-19(2,3)13-14-21-18(20)17-11-9-16(10-12-17)15-7-5-4-6-8-15/h4-12H,13-14H2,1-3H3. The number of esters is 1. The van der Waals surface area contributed by atoms with Gasteiger partial charge >= 0.3 is 5.97 Å². The molecule has 0 aliphatic heterocycles. The van der Waals surface area contributed by atoms with Gasteiger partial charge in [0, 0.05) is 0 Å². The second-order valence-corrected chi connectivity index (χ2v) is 6.39. The van der Waals surface area contributed by atoms with E-state index in [1.807, 2.05) is 42.5 Å². The third kappa shape index (κ3) is 4.75. The highest BCUT2D eigenvalue weighted by molar-refractivity contribution is 5.90. The highest BCUT2D eigenvalue weighted by Crippen LogP contribution is 2.20. The Labute approximate surface area is 126 Å². The number of hydrogen-bond acceptors (Lipinski definition) is 2. The normalized spacial score (nSPS) is 11.2. The molecule has 0 saturated heterocycles. The molecule has 2 heteroatoms. The summed E-state index contributed by atoms with van der Waals surface area (Å²) in [6.07, 6.45) is 0.862. The van der Waals surface area contributed by atoms with Gasteiger partial charge in [0.15, 0.2) is 0 Å². The number of benzene rings is 2. The van der Waals surface area contributed by atoms with Gasteiger partial charge in [-0.1, -0.05) is 63.2 Å². The van der Waals surface area contributed by atoms with E-state index in [2.05, 4.69) is 32.9 Å². The zero-order valence-corrected chi connectivity index (χ0v) is 12.9. The Morgan fingerprint density at radius 1 is 0.905 bits per heavy atom. The van der Waals surface area contributed by atoms with Crippen LogP contribution < -0.4 is 0 Å². The predicted octanol–water partition coefficient (Wildman–Crippen LogP) is 4.95. The third-order valence-corrected chi connectivity index (χ3v) is 3.31. The molecule has 2 aromatic rings. The van der Waals surface area contributed by atoms with Crippen LogP contribution in [-0.2, 0) is 4.74 Å². The van der Waals surface area contributed by atoms with E-state index in [4.69, 9.17) is 4.74 Å². The van der Waals surface area contributed by atoms with Gasteiger partial charge in [-0.25, -0.2) is 4.79 Å². The highest BCUT2D eigenvalue weighted by atomic mass is 16.5. The van der Waals surface area contributed by atoms with E-state index in [9.17, 15) is 4.79 Å². The molecule has 0 aliphatic carbocycles. The molecule has 0 bridgehead atoms. The minimum Gasteiger partial charge on any atom is -0.462 e. The van der Waals surface area contributed by atoms with E-state index >= 15 is 0 Å². The van der Waals surface area contributed by atoms with Crippen molar-refractivity contribution >= 4 is 5.97 Å². The van der Waals surface area contributed by atoms with Gasteiger partial charge in [-0.15, -0.1) is 0 Å². The van der Waals surface area contributed by atoms with Crippen LogP contribution in [-0.4, -0.2) is 12.6 Å². The van der Waals surface area contributed by atoms with E-state index in [1.54, 1.807) is 0 Å². The van der Waals surface area contributed by atoms with Crippen LogP contribution in [0.25, 0.3) is 11.1 Å². The molecule has 0 heterocycles. The van der Waals surface area contributed by atoms with Crippen molar-refractivity contribution in [1.82, 2.24) is 0 Å². The molecular weight excluding hydrogens is 260 g/mol. The minimum atomic E-state index is -0.251. The van der Waals surface area contributed by atoms with Crippen molar-refractivity contribution < 1.29 is 9.53 Å². The Hall–Kier alpha value is -2.09. The SMILES string of the molecule is CC(C)(C)CCOC(=O)c1ccc(-c2ccccc2)cc1. The molecule has 2 rings (SSSR count). The van der Waals surface area contributed by atoms with Crippen LogP contribution in [0.15, 0.2) is 54.6 Å². The van der Waals surface area contributed by atoms with Crippen LogP contribution in [0.5, 0.6) is 0 Å². The van der Waals surface area contributed by atoms with Crippen molar-refractivity contribution in [2.45, 2.75) is 27.2 Å². The van der Waals surface area contributed by atoms with E-state index in [0.717, 1.165) is 17.5 Å². The van der Waals surface area contributed by atoms with E-state index in [1.165, 1.54) is 0 Å². The molecule has 2 nitrogen and oxygen atoms in total. The lowest BCUT2D eigenvalue weighted by Crippen LogP contribution is -2.13. The van der Waals surface area contributed by atoms with Crippen molar-refractivity contribution in [2.24, 2.45) is 5.41 Å². The maximum absolute atomic E-state index is 12.0. The fraction of sp³-hybridized carbons (Fsp3) is 0.316. The molecule has 0 aromatic heterocycles. The van der Waals surface area contributed by atoms with E-state index in [0.29, 0.717) is 12.2 Å². The lowest BCUT2D eigenvalue weighted by Gasteiger charge is -2.17. The largest absolute Gasteiger partial charge is 0.462 e. The van der Waals surface area contributed by atoms with Gasteiger partial charge in [-0.3, -0.25) is 0 Å². The number of carbonyl (C=O) groups excluding carboxylic acids is 1. The van der Waals surface area contributed by atoms with Crippen LogP contribution in [0.2, 0.25) is 0 Å². The molecule has 0 saturated carbocycles. The van der Waals surface area contributed by atoms with Gasteiger partial charge < -0.3 is 4.74 Å². The van der Waals surface area contributed by atoms with Crippen LogP contribution in [0.4, 0.5) is 0 Å². The van der Waals surface area contributed by atoms with Crippen molar-refractivity contribution in [3.8, 4) is 11.1 Å². The zero-order chi connectivity index (χ0) is 15.3. The summed E-state index contributed by atoms with van der Waals surface area (Å²) in [5, 5.41) is 0. The number of rotatable bonds is 4. The van der Waals surface area contributed by atoms with Crippen LogP contribution >= 0.6 is 0 Å². The monoisotopic (exact) mass is 282 g/mol. The maximum atomic E-state index is 12.0. The highest BCUT2D eigenvalue weighted by Gasteiger charge is 2.12. The topological polar surface area (TPSA) is 26.3 Å². The van der Waals surface area contributed by atoms with Gasteiger partial charge in [0.05, 0.1) is 12.2 Å². The second kappa shape index (κ2) is 6.57. The number of hydrogen-bond donors (Lipinski definition) is 0. The minimum absolute atomic E-state index is 0.178. The molecule has 0 N–H and O–H groups in total. The molecule has 0 amide bonds. The number of ether oxygens (including phenoxy) is 1. The quantitative estimate of drug-likeness (QED) is 0.742. The van der Waals surface area contributed by atoms with E-state index in [-0.39, 0.29) is 11.4 Å². The lowest BCUT2D eigenvalue weighted by molar-refractivity contribution is 0.0465. The van der Waals surface area contributed by atoms with Crippen molar-refractivity contribution in [1.29, 1.82) is 0 Å². The van der Waals surface area contributed by atoms with Crippen molar-refractivity contribution in [3.05, 3.63) is 60.2 Å². The summed E-state index contributed by atoms with van der Waals surface area (Å²) in [6, 6.07) is 17.7.